The Labute approximate surface area is 73.6 Å². The first-order valence-electron chi connectivity index (χ1n) is 3.64. The Morgan fingerprint density at radius 1 is 1.67 bits per heavy atom. The Hall–Kier alpha value is -1.43. The molecule has 0 unspecified atom stereocenters. The van der Waals surface area contributed by atoms with Gasteiger partial charge in [-0.1, -0.05) is 12.0 Å². The van der Waals surface area contributed by atoms with Crippen LogP contribution in [0.3, 0.4) is 0 Å². The van der Waals surface area contributed by atoms with E-state index in [9.17, 15) is 4.79 Å². The Morgan fingerprint density at radius 3 is 2.58 bits per heavy atom. The Balaban J connectivity index is 4.20. The van der Waals surface area contributed by atoms with Gasteiger partial charge in [0.15, 0.2) is 0 Å². The number of carbonyl (C=O) groups excluding carboxylic acids is 1. The van der Waals surface area contributed by atoms with E-state index < -0.39 is 0 Å². The third-order valence-electron chi connectivity index (χ3n) is 1.28. The van der Waals surface area contributed by atoms with Crippen LogP contribution in [0.15, 0.2) is 12.7 Å². The summed E-state index contributed by atoms with van der Waals surface area (Å²) in [4.78, 5) is 14.4. The second-order valence-electron chi connectivity index (χ2n) is 2.55. The maximum absolute atomic E-state index is 11.3. The van der Waals surface area contributed by atoms with Crippen molar-refractivity contribution in [3.63, 3.8) is 0 Å². The lowest BCUT2D eigenvalue weighted by Crippen LogP contribution is -2.39. The van der Waals surface area contributed by atoms with Crippen molar-refractivity contribution >= 4 is 6.03 Å². The average molecular weight is 166 g/mol. The second-order valence-corrected chi connectivity index (χ2v) is 2.55. The zero-order valence-corrected chi connectivity index (χ0v) is 7.58. The molecule has 0 aliphatic heterocycles. The fraction of sp³-hybridized carbons (Fsp3) is 0.444. The third kappa shape index (κ3) is 3.11. The van der Waals surface area contributed by atoms with Crippen molar-refractivity contribution in [2.45, 2.75) is 0 Å². The molecule has 0 radical (unpaired) electrons. The normalized spacial score (nSPS) is 8.42. The smallest absolute Gasteiger partial charge is 0.320 e. The molecule has 0 aliphatic carbocycles. The zero-order chi connectivity index (χ0) is 9.56. The van der Waals surface area contributed by atoms with Gasteiger partial charge in [-0.2, -0.15) is 0 Å². The minimum absolute atomic E-state index is 0.0900. The summed E-state index contributed by atoms with van der Waals surface area (Å²) in [6, 6.07) is -0.0900. The fourth-order valence-corrected chi connectivity index (χ4v) is 0.759. The monoisotopic (exact) mass is 166 g/mol. The molecule has 0 aromatic heterocycles. The molecule has 3 heteroatoms. The van der Waals surface area contributed by atoms with E-state index >= 15 is 0 Å². The van der Waals surface area contributed by atoms with E-state index in [1.54, 1.807) is 20.2 Å². The van der Waals surface area contributed by atoms with Gasteiger partial charge in [-0.15, -0.1) is 13.0 Å². The standard InChI is InChI=1S/C9H14N2O/c1-5-7-11(8-6-2)9(12)10(3)4/h1,6H,2,7-8H2,3-4H3. The average Bonchev–Trinajstić information content (AvgIpc) is 2.03. The fourth-order valence-electron chi connectivity index (χ4n) is 0.759. The lowest BCUT2D eigenvalue weighted by molar-refractivity contribution is 0.182. The number of amides is 2. The molecule has 0 aliphatic rings. The largest absolute Gasteiger partial charge is 0.331 e. The van der Waals surface area contributed by atoms with Gasteiger partial charge in [0.05, 0.1) is 6.54 Å². The van der Waals surface area contributed by atoms with Crippen LogP contribution in [-0.4, -0.2) is 43.0 Å². The molecule has 0 aromatic rings. The van der Waals surface area contributed by atoms with Crippen LogP contribution in [0.25, 0.3) is 0 Å². The SMILES string of the molecule is C#CCN(CC=C)C(=O)N(C)C. The number of hydrogen-bond acceptors (Lipinski definition) is 1. The Kier molecular flexibility index (Phi) is 4.62. The molecule has 66 valence electrons. The number of carbonyl (C=O) groups is 1. The molecule has 3 nitrogen and oxygen atoms in total. The van der Waals surface area contributed by atoms with Gasteiger partial charge in [0.1, 0.15) is 0 Å². The summed E-state index contributed by atoms with van der Waals surface area (Å²) in [6.45, 7) is 4.35. The van der Waals surface area contributed by atoms with Crippen molar-refractivity contribution in [2.24, 2.45) is 0 Å². The molecule has 0 N–H and O–H groups in total. The van der Waals surface area contributed by atoms with Crippen LogP contribution in [-0.2, 0) is 0 Å². The van der Waals surface area contributed by atoms with Gasteiger partial charge in [-0.05, 0) is 0 Å². The van der Waals surface area contributed by atoms with E-state index in [0.717, 1.165) is 0 Å². The van der Waals surface area contributed by atoms with Crippen molar-refractivity contribution in [2.75, 3.05) is 27.2 Å². The number of nitrogens with zero attached hydrogens (tertiary/aromatic N) is 2. The van der Waals surface area contributed by atoms with Crippen LogP contribution in [0.5, 0.6) is 0 Å². The van der Waals surface area contributed by atoms with Gasteiger partial charge < -0.3 is 9.80 Å². The molecule has 0 spiro atoms. The maximum atomic E-state index is 11.3. The van der Waals surface area contributed by atoms with Crippen LogP contribution >= 0.6 is 0 Å². The van der Waals surface area contributed by atoms with Crippen molar-refractivity contribution in [3.05, 3.63) is 12.7 Å². The first kappa shape index (κ1) is 10.6. The second kappa shape index (κ2) is 5.25. The summed E-state index contributed by atoms with van der Waals surface area (Å²) in [7, 11) is 3.38. The highest BCUT2D eigenvalue weighted by atomic mass is 16.2. The molecule has 0 aromatic carbocycles. The molecular formula is C9H14N2O. The summed E-state index contributed by atoms with van der Waals surface area (Å²) in [6.07, 6.45) is 6.75. The molecule has 0 saturated heterocycles. The van der Waals surface area contributed by atoms with Gasteiger partial charge in [0, 0.05) is 20.6 Å². The van der Waals surface area contributed by atoms with Gasteiger partial charge in [-0.3, -0.25) is 0 Å². The predicted molar refractivity (Wildman–Crippen MR) is 49.7 cm³/mol. The molecule has 0 bridgehead atoms. The van der Waals surface area contributed by atoms with Crippen molar-refractivity contribution < 1.29 is 4.79 Å². The van der Waals surface area contributed by atoms with Gasteiger partial charge >= 0.3 is 6.03 Å². The summed E-state index contributed by atoms with van der Waals surface area (Å²) >= 11 is 0. The predicted octanol–water partition coefficient (Wildman–Crippen LogP) is 0.789. The van der Waals surface area contributed by atoms with Crippen molar-refractivity contribution in [1.82, 2.24) is 9.80 Å². The lowest BCUT2D eigenvalue weighted by atomic mass is 10.5. The summed E-state index contributed by atoms with van der Waals surface area (Å²) < 4.78 is 0. The minimum Gasteiger partial charge on any atom is -0.331 e. The first-order valence-corrected chi connectivity index (χ1v) is 3.64. The third-order valence-corrected chi connectivity index (χ3v) is 1.28. The van der Waals surface area contributed by atoms with Crippen LogP contribution in [0, 0.1) is 12.3 Å². The highest BCUT2D eigenvalue weighted by molar-refractivity contribution is 5.74. The molecule has 2 amide bonds. The number of terminal acetylenes is 1. The summed E-state index contributed by atoms with van der Waals surface area (Å²) in [5.74, 6) is 2.42. The van der Waals surface area contributed by atoms with E-state index in [4.69, 9.17) is 6.42 Å². The molecular weight excluding hydrogens is 152 g/mol. The summed E-state index contributed by atoms with van der Waals surface area (Å²) in [5.41, 5.74) is 0. The molecule has 12 heavy (non-hydrogen) atoms. The van der Waals surface area contributed by atoms with Crippen molar-refractivity contribution in [1.29, 1.82) is 0 Å². The van der Waals surface area contributed by atoms with Gasteiger partial charge in [-0.25, -0.2) is 4.79 Å². The van der Waals surface area contributed by atoms with E-state index in [-0.39, 0.29) is 6.03 Å². The minimum atomic E-state index is -0.0900. The van der Waals surface area contributed by atoms with Crippen LogP contribution in [0.2, 0.25) is 0 Å². The van der Waals surface area contributed by atoms with Crippen LogP contribution < -0.4 is 0 Å². The molecule has 0 atom stereocenters. The van der Waals surface area contributed by atoms with E-state index in [2.05, 4.69) is 12.5 Å². The van der Waals surface area contributed by atoms with E-state index in [1.165, 1.54) is 9.80 Å². The van der Waals surface area contributed by atoms with Gasteiger partial charge in [0.2, 0.25) is 0 Å². The molecule has 0 rings (SSSR count). The van der Waals surface area contributed by atoms with Crippen LogP contribution in [0.1, 0.15) is 0 Å². The Morgan fingerprint density at radius 2 is 2.25 bits per heavy atom. The maximum Gasteiger partial charge on any atom is 0.320 e. The van der Waals surface area contributed by atoms with Crippen LogP contribution in [0.4, 0.5) is 4.79 Å². The first-order chi connectivity index (χ1) is 5.63. The van der Waals surface area contributed by atoms with Crippen molar-refractivity contribution in [3.8, 4) is 12.3 Å². The number of urea groups is 1. The quantitative estimate of drug-likeness (QED) is 0.449. The number of hydrogen-bond donors (Lipinski definition) is 0. The number of rotatable bonds is 3. The molecule has 0 fully saturated rings. The lowest BCUT2D eigenvalue weighted by Gasteiger charge is -2.22. The van der Waals surface area contributed by atoms with E-state index in [1.807, 2.05) is 0 Å². The highest BCUT2D eigenvalue weighted by Crippen LogP contribution is 1.93. The highest BCUT2D eigenvalue weighted by Gasteiger charge is 2.11. The van der Waals surface area contributed by atoms with Gasteiger partial charge in [0.25, 0.3) is 0 Å². The van der Waals surface area contributed by atoms with E-state index in [0.29, 0.717) is 13.1 Å². The molecule has 0 heterocycles. The summed E-state index contributed by atoms with van der Waals surface area (Å²) in [5, 5.41) is 0. The Bertz CT molecular complexity index is 203. The molecule has 0 saturated carbocycles. The zero-order valence-electron chi connectivity index (χ0n) is 7.58. The topological polar surface area (TPSA) is 23.6 Å².